The molecule has 0 spiro atoms. The smallest absolute Gasteiger partial charge is 0.126 e. The molecular weight excluding hydrogens is 229 g/mol. The van der Waals surface area contributed by atoms with Gasteiger partial charge in [-0.25, -0.2) is 4.39 Å². The first-order valence-corrected chi connectivity index (χ1v) is 5.17. The van der Waals surface area contributed by atoms with Crippen LogP contribution in [-0.4, -0.2) is 13.2 Å². The second kappa shape index (κ2) is 6.71. The molecule has 0 saturated heterocycles. The van der Waals surface area contributed by atoms with Gasteiger partial charge in [0.25, 0.3) is 0 Å². The van der Waals surface area contributed by atoms with Crippen LogP contribution >= 0.6 is 12.4 Å². The van der Waals surface area contributed by atoms with Crippen molar-refractivity contribution in [2.75, 3.05) is 7.11 Å². The molecule has 1 aromatic rings. The van der Waals surface area contributed by atoms with Crippen LogP contribution in [0.3, 0.4) is 0 Å². The quantitative estimate of drug-likeness (QED) is 0.888. The Morgan fingerprint density at radius 1 is 1.44 bits per heavy atom. The van der Waals surface area contributed by atoms with Gasteiger partial charge in [-0.15, -0.1) is 12.4 Å². The summed E-state index contributed by atoms with van der Waals surface area (Å²) in [6, 6.07) is 3.29. The van der Waals surface area contributed by atoms with Crippen LogP contribution in [0.2, 0.25) is 0 Å². The van der Waals surface area contributed by atoms with Crippen molar-refractivity contribution < 1.29 is 9.13 Å². The summed E-state index contributed by atoms with van der Waals surface area (Å²) >= 11 is 0. The summed E-state index contributed by atoms with van der Waals surface area (Å²) in [6.07, 6.45) is 1.52. The Balaban J connectivity index is 0.00000225. The second-order valence-corrected chi connectivity index (χ2v) is 3.79. The fourth-order valence-corrected chi connectivity index (χ4v) is 1.47. The molecule has 16 heavy (non-hydrogen) atoms. The maximum atomic E-state index is 13.4. The van der Waals surface area contributed by atoms with Crippen LogP contribution in [0.15, 0.2) is 12.1 Å². The standard InChI is InChI=1S/C12H18FNO.ClH/c1-4-10(14)6-9-7-11(13)8(2)5-12(9)15-3;/h5,7,10H,4,6,14H2,1-3H3;1H. The number of nitrogens with two attached hydrogens (primary N) is 1. The Morgan fingerprint density at radius 2 is 2.06 bits per heavy atom. The lowest BCUT2D eigenvalue weighted by molar-refractivity contribution is 0.405. The van der Waals surface area contributed by atoms with Crippen molar-refractivity contribution >= 4 is 12.4 Å². The molecule has 0 aromatic heterocycles. The van der Waals surface area contributed by atoms with Crippen molar-refractivity contribution in [1.29, 1.82) is 0 Å². The molecule has 0 aliphatic carbocycles. The van der Waals surface area contributed by atoms with Gasteiger partial charge in [0.2, 0.25) is 0 Å². The highest BCUT2D eigenvalue weighted by atomic mass is 35.5. The Hall–Kier alpha value is -0.800. The van der Waals surface area contributed by atoms with Gasteiger partial charge in [0, 0.05) is 6.04 Å². The molecular formula is C12H19ClFNO. The summed E-state index contributed by atoms with van der Waals surface area (Å²) in [4.78, 5) is 0. The van der Waals surface area contributed by atoms with E-state index in [1.807, 2.05) is 6.92 Å². The molecule has 1 atom stereocenters. The largest absolute Gasteiger partial charge is 0.496 e. The van der Waals surface area contributed by atoms with Gasteiger partial charge in [-0.05, 0) is 43.0 Å². The monoisotopic (exact) mass is 247 g/mol. The van der Waals surface area contributed by atoms with Gasteiger partial charge in [0.1, 0.15) is 11.6 Å². The first-order chi connectivity index (χ1) is 7.08. The third kappa shape index (κ3) is 3.65. The van der Waals surface area contributed by atoms with E-state index in [0.29, 0.717) is 12.0 Å². The number of aryl methyl sites for hydroxylation is 1. The molecule has 1 rings (SSSR count). The highest BCUT2D eigenvalue weighted by Crippen LogP contribution is 2.23. The molecule has 1 aromatic carbocycles. The first kappa shape index (κ1) is 15.2. The van der Waals surface area contributed by atoms with Crippen LogP contribution in [0.25, 0.3) is 0 Å². The van der Waals surface area contributed by atoms with E-state index in [1.165, 1.54) is 6.07 Å². The number of benzene rings is 1. The second-order valence-electron chi connectivity index (χ2n) is 3.79. The van der Waals surface area contributed by atoms with E-state index in [0.717, 1.165) is 17.7 Å². The minimum Gasteiger partial charge on any atom is -0.496 e. The number of hydrogen-bond acceptors (Lipinski definition) is 2. The predicted molar refractivity (Wildman–Crippen MR) is 66.9 cm³/mol. The average Bonchev–Trinajstić information content (AvgIpc) is 2.22. The normalized spacial score (nSPS) is 11.8. The third-order valence-corrected chi connectivity index (χ3v) is 2.57. The van der Waals surface area contributed by atoms with Crippen LogP contribution in [0.1, 0.15) is 24.5 Å². The molecule has 0 bridgehead atoms. The van der Waals surface area contributed by atoms with Crippen molar-refractivity contribution in [2.24, 2.45) is 5.73 Å². The Kier molecular flexibility index (Phi) is 6.38. The molecule has 0 fully saturated rings. The zero-order valence-corrected chi connectivity index (χ0v) is 10.7. The lowest BCUT2D eigenvalue weighted by atomic mass is 10.0. The maximum absolute atomic E-state index is 13.4. The van der Waals surface area contributed by atoms with Crippen molar-refractivity contribution in [3.8, 4) is 5.75 Å². The van der Waals surface area contributed by atoms with Crippen molar-refractivity contribution in [3.05, 3.63) is 29.1 Å². The Labute approximate surface area is 102 Å². The zero-order chi connectivity index (χ0) is 11.4. The van der Waals surface area contributed by atoms with Gasteiger partial charge in [-0.2, -0.15) is 0 Å². The minimum absolute atomic E-state index is 0. The molecule has 92 valence electrons. The molecule has 0 aliphatic heterocycles. The highest BCUT2D eigenvalue weighted by Gasteiger charge is 2.10. The Morgan fingerprint density at radius 3 is 2.56 bits per heavy atom. The van der Waals surface area contributed by atoms with E-state index >= 15 is 0 Å². The van der Waals surface area contributed by atoms with Gasteiger partial charge in [0.05, 0.1) is 7.11 Å². The summed E-state index contributed by atoms with van der Waals surface area (Å²) in [6.45, 7) is 3.74. The molecule has 2 nitrogen and oxygen atoms in total. The summed E-state index contributed by atoms with van der Waals surface area (Å²) in [5.74, 6) is 0.520. The van der Waals surface area contributed by atoms with Crippen LogP contribution in [0.5, 0.6) is 5.75 Å². The number of rotatable bonds is 4. The number of hydrogen-bond donors (Lipinski definition) is 1. The summed E-state index contributed by atoms with van der Waals surface area (Å²) in [5, 5.41) is 0. The van der Waals surface area contributed by atoms with Crippen LogP contribution in [-0.2, 0) is 6.42 Å². The van der Waals surface area contributed by atoms with E-state index in [4.69, 9.17) is 10.5 Å². The third-order valence-electron chi connectivity index (χ3n) is 2.57. The van der Waals surface area contributed by atoms with E-state index in [-0.39, 0.29) is 24.3 Å². The number of halogens is 2. The average molecular weight is 248 g/mol. The summed E-state index contributed by atoms with van der Waals surface area (Å²) < 4.78 is 18.6. The molecule has 0 radical (unpaired) electrons. The Bertz CT molecular complexity index is 344. The van der Waals surface area contributed by atoms with Gasteiger partial charge < -0.3 is 10.5 Å². The van der Waals surface area contributed by atoms with Gasteiger partial charge in [-0.3, -0.25) is 0 Å². The first-order valence-electron chi connectivity index (χ1n) is 5.17. The predicted octanol–water partition coefficient (Wildman–Crippen LogP) is 2.84. The van der Waals surface area contributed by atoms with Crippen molar-refractivity contribution in [2.45, 2.75) is 32.7 Å². The molecule has 2 N–H and O–H groups in total. The van der Waals surface area contributed by atoms with Crippen LogP contribution in [0, 0.1) is 12.7 Å². The van der Waals surface area contributed by atoms with E-state index in [1.54, 1.807) is 20.1 Å². The summed E-state index contributed by atoms with van der Waals surface area (Å²) in [7, 11) is 1.59. The zero-order valence-electron chi connectivity index (χ0n) is 9.92. The molecule has 4 heteroatoms. The van der Waals surface area contributed by atoms with E-state index in [2.05, 4.69) is 0 Å². The van der Waals surface area contributed by atoms with Gasteiger partial charge in [0.15, 0.2) is 0 Å². The molecule has 0 aliphatic rings. The highest BCUT2D eigenvalue weighted by molar-refractivity contribution is 5.85. The van der Waals surface area contributed by atoms with Crippen molar-refractivity contribution in [1.82, 2.24) is 0 Å². The number of methoxy groups -OCH3 is 1. The van der Waals surface area contributed by atoms with Crippen molar-refractivity contribution in [3.63, 3.8) is 0 Å². The fourth-order valence-electron chi connectivity index (χ4n) is 1.47. The maximum Gasteiger partial charge on any atom is 0.126 e. The lowest BCUT2D eigenvalue weighted by Crippen LogP contribution is -2.21. The minimum atomic E-state index is -0.200. The van der Waals surface area contributed by atoms with Crippen LogP contribution < -0.4 is 10.5 Å². The summed E-state index contributed by atoms with van der Waals surface area (Å²) in [5.41, 5.74) is 7.28. The van der Waals surface area contributed by atoms with E-state index < -0.39 is 0 Å². The molecule has 0 heterocycles. The van der Waals surface area contributed by atoms with Crippen LogP contribution in [0.4, 0.5) is 4.39 Å². The molecule has 1 unspecified atom stereocenters. The fraction of sp³-hybridized carbons (Fsp3) is 0.500. The number of ether oxygens (including phenoxy) is 1. The molecule has 0 saturated carbocycles. The SMILES string of the molecule is CCC(N)Cc1cc(F)c(C)cc1OC.Cl. The van der Waals surface area contributed by atoms with E-state index in [9.17, 15) is 4.39 Å². The van der Waals surface area contributed by atoms with Gasteiger partial charge >= 0.3 is 0 Å². The lowest BCUT2D eigenvalue weighted by Gasteiger charge is -2.13. The topological polar surface area (TPSA) is 35.2 Å². The van der Waals surface area contributed by atoms with Gasteiger partial charge in [-0.1, -0.05) is 6.92 Å². The molecule has 0 amide bonds.